The van der Waals surface area contributed by atoms with Gasteiger partial charge in [0.25, 0.3) is 0 Å². The maximum Gasteiger partial charge on any atom is 0.319 e. The molecule has 0 spiro atoms. The van der Waals surface area contributed by atoms with Crippen LogP contribution < -0.4 is 5.73 Å². The second-order valence-corrected chi connectivity index (χ2v) is 3.40. The molecule has 2 aromatic rings. The first kappa shape index (κ1) is 9.30. The fraction of sp³-hybridized carbons (Fsp3) is 0. The molecule has 0 amide bonds. The minimum Gasteiger partial charge on any atom is -0.351 e. The summed E-state index contributed by atoms with van der Waals surface area (Å²) >= 11 is 11.6. The van der Waals surface area contributed by atoms with Gasteiger partial charge in [-0.25, -0.2) is 0 Å². The normalized spacial score (nSPS) is 10.4. The van der Waals surface area contributed by atoms with E-state index in [0.29, 0.717) is 21.4 Å². The molecule has 0 atom stereocenters. The maximum absolute atomic E-state index is 5.82. The Morgan fingerprint density at radius 3 is 2.57 bits per heavy atom. The summed E-state index contributed by atoms with van der Waals surface area (Å²) in [5, 5.41) is 4.56. The first-order valence-electron chi connectivity index (χ1n) is 3.71. The van der Waals surface area contributed by atoms with Crippen LogP contribution in [-0.4, -0.2) is 10.1 Å². The van der Waals surface area contributed by atoms with Crippen molar-refractivity contribution < 1.29 is 4.52 Å². The Balaban J connectivity index is 2.47. The number of nitrogen functional groups attached to an aromatic ring is 1. The van der Waals surface area contributed by atoms with Gasteiger partial charge < -0.3 is 10.3 Å². The lowest BCUT2D eigenvalue weighted by Gasteiger charge is -1.97. The first-order chi connectivity index (χ1) is 6.66. The molecule has 0 fully saturated rings. The van der Waals surface area contributed by atoms with E-state index in [1.165, 1.54) is 0 Å². The van der Waals surface area contributed by atoms with Crippen molar-refractivity contribution in [2.75, 3.05) is 5.73 Å². The quantitative estimate of drug-likeness (QED) is 0.817. The zero-order chi connectivity index (χ0) is 10.1. The predicted molar refractivity (Wildman–Crippen MR) is 54.2 cm³/mol. The molecule has 72 valence electrons. The number of anilines is 1. The summed E-state index contributed by atoms with van der Waals surface area (Å²) in [6, 6.07) is 5.06. The minimum absolute atomic E-state index is 0.0195. The Labute approximate surface area is 89.6 Å². The van der Waals surface area contributed by atoms with Gasteiger partial charge in [0.1, 0.15) is 0 Å². The molecule has 0 unspecified atom stereocenters. The van der Waals surface area contributed by atoms with E-state index in [0.717, 1.165) is 0 Å². The molecule has 6 heteroatoms. The molecule has 0 radical (unpaired) electrons. The van der Waals surface area contributed by atoms with E-state index in [1.807, 2.05) is 0 Å². The molecular weight excluding hydrogens is 225 g/mol. The van der Waals surface area contributed by atoms with Crippen molar-refractivity contribution in [2.45, 2.75) is 0 Å². The molecule has 0 saturated heterocycles. The summed E-state index contributed by atoms with van der Waals surface area (Å²) in [4.78, 5) is 3.85. The Morgan fingerprint density at radius 2 is 2.00 bits per heavy atom. The van der Waals surface area contributed by atoms with E-state index >= 15 is 0 Å². The third-order valence-corrected chi connectivity index (χ3v) is 2.36. The van der Waals surface area contributed by atoms with E-state index in [2.05, 4.69) is 14.7 Å². The summed E-state index contributed by atoms with van der Waals surface area (Å²) in [6.07, 6.45) is 0. The Hall–Kier alpha value is -1.26. The average molecular weight is 230 g/mol. The van der Waals surface area contributed by atoms with Crippen molar-refractivity contribution in [2.24, 2.45) is 0 Å². The van der Waals surface area contributed by atoms with Crippen LogP contribution in [0.3, 0.4) is 0 Å². The van der Waals surface area contributed by atoms with Crippen LogP contribution in [0, 0.1) is 0 Å². The summed E-state index contributed by atoms with van der Waals surface area (Å²) in [6.45, 7) is 0. The minimum atomic E-state index is 0.0195. The Bertz CT molecular complexity index is 469. The molecule has 0 aliphatic rings. The van der Waals surface area contributed by atoms with E-state index in [9.17, 15) is 0 Å². The van der Waals surface area contributed by atoms with Gasteiger partial charge in [0.05, 0.1) is 10.0 Å². The van der Waals surface area contributed by atoms with Crippen molar-refractivity contribution in [3.63, 3.8) is 0 Å². The fourth-order valence-corrected chi connectivity index (χ4v) is 1.29. The number of benzene rings is 1. The number of hydrogen-bond acceptors (Lipinski definition) is 4. The lowest BCUT2D eigenvalue weighted by atomic mass is 10.2. The lowest BCUT2D eigenvalue weighted by molar-refractivity contribution is 0.437. The van der Waals surface area contributed by atoms with E-state index < -0.39 is 0 Å². The largest absolute Gasteiger partial charge is 0.351 e. The van der Waals surface area contributed by atoms with Crippen LogP contribution in [0.5, 0.6) is 0 Å². The van der Waals surface area contributed by atoms with Gasteiger partial charge in [-0.1, -0.05) is 28.4 Å². The molecule has 1 aromatic heterocycles. The molecule has 14 heavy (non-hydrogen) atoms. The zero-order valence-corrected chi connectivity index (χ0v) is 8.38. The topological polar surface area (TPSA) is 64.9 Å². The monoisotopic (exact) mass is 229 g/mol. The zero-order valence-electron chi connectivity index (χ0n) is 6.87. The highest BCUT2D eigenvalue weighted by molar-refractivity contribution is 6.42. The summed E-state index contributed by atoms with van der Waals surface area (Å²) in [5.41, 5.74) is 5.99. The number of aromatic nitrogens is 2. The van der Waals surface area contributed by atoms with Crippen LogP contribution in [0.2, 0.25) is 10.0 Å². The summed E-state index contributed by atoms with van der Waals surface area (Å²) in [5.74, 6) is 0.390. The van der Waals surface area contributed by atoms with Crippen molar-refractivity contribution in [1.82, 2.24) is 10.1 Å². The van der Waals surface area contributed by atoms with Crippen LogP contribution in [0.4, 0.5) is 6.01 Å². The second kappa shape index (κ2) is 3.48. The van der Waals surface area contributed by atoms with Crippen LogP contribution in [0.25, 0.3) is 11.4 Å². The number of rotatable bonds is 1. The number of nitrogens with zero attached hydrogens (tertiary/aromatic N) is 2. The fourth-order valence-electron chi connectivity index (χ4n) is 0.988. The average Bonchev–Trinajstić information content (AvgIpc) is 2.57. The Morgan fingerprint density at radius 1 is 1.21 bits per heavy atom. The van der Waals surface area contributed by atoms with Gasteiger partial charge in [0.2, 0.25) is 5.82 Å². The van der Waals surface area contributed by atoms with Crippen molar-refractivity contribution in [3.8, 4) is 11.4 Å². The van der Waals surface area contributed by atoms with Gasteiger partial charge in [0, 0.05) is 5.56 Å². The van der Waals surface area contributed by atoms with Gasteiger partial charge in [-0.05, 0) is 18.2 Å². The van der Waals surface area contributed by atoms with Gasteiger partial charge in [0.15, 0.2) is 0 Å². The third kappa shape index (κ3) is 1.66. The smallest absolute Gasteiger partial charge is 0.319 e. The van der Waals surface area contributed by atoms with Gasteiger partial charge in [-0.3, -0.25) is 0 Å². The molecule has 1 heterocycles. The summed E-state index contributed by atoms with van der Waals surface area (Å²) < 4.78 is 4.63. The lowest BCUT2D eigenvalue weighted by Crippen LogP contribution is -1.84. The number of nitrogens with two attached hydrogens (primary N) is 1. The molecule has 0 saturated carbocycles. The maximum atomic E-state index is 5.82. The van der Waals surface area contributed by atoms with E-state index in [-0.39, 0.29) is 6.01 Å². The summed E-state index contributed by atoms with van der Waals surface area (Å²) in [7, 11) is 0. The van der Waals surface area contributed by atoms with Gasteiger partial charge in [-0.2, -0.15) is 4.98 Å². The highest BCUT2D eigenvalue weighted by atomic mass is 35.5. The highest BCUT2D eigenvalue weighted by Crippen LogP contribution is 2.27. The Kier molecular flexibility index (Phi) is 2.31. The van der Waals surface area contributed by atoms with E-state index in [1.54, 1.807) is 18.2 Å². The molecular formula is C8H5Cl2N3O. The van der Waals surface area contributed by atoms with Crippen LogP contribution in [-0.2, 0) is 0 Å². The van der Waals surface area contributed by atoms with Crippen molar-refractivity contribution in [3.05, 3.63) is 28.2 Å². The first-order valence-corrected chi connectivity index (χ1v) is 4.47. The third-order valence-electron chi connectivity index (χ3n) is 1.62. The van der Waals surface area contributed by atoms with E-state index in [4.69, 9.17) is 28.9 Å². The van der Waals surface area contributed by atoms with Crippen molar-refractivity contribution >= 4 is 29.2 Å². The molecule has 1 aromatic carbocycles. The van der Waals surface area contributed by atoms with Crippen LogP contribution in [0.1, 0.15) is 0 Å². The molecule has 2 rings (SSSR count). The number of halogens is 2. The standard InChI is InChI=1S/C8H5Cl2N3O/c9-5-2-1-4(3-6(5)10)7-12-8(11)14-13-7/h1-3H,(H2,11,12,13). The van der Waals surface area contributed by atoms with Gasteiger partial charge >= 0.3 is 6.01 Å². The molecule has 0 bridgehead atoms. The second-order valence-electron chi connectivity index (χ2n) is 2.59. The predicted octanol–water partition coefficient (Wildman–Crippen LogP) is 2.63. The molecule has 2 N–H and O–H groups in total. The molecule has 0 aliphatic carbocycles. The van der Waals surface area contributed by atoms with Crippen molar-refractivity contribution in [1.29, 1.82) is 0 Å². The molecule has 0 aliphatic heterocycles. The van der Waals surface area contributed by atoms with Crippen LogP contribution >= 0.6 is 23.2 Å². The van der Waals surface area contributed by atoms with Crippen LogP contribution in [0.15, 0.2) is 22.7 Å². The SMILES string of the molecule is Nc1nc(-c2ccc(Cl)c(Cl)c2)no1. The highest BCUT2D eigenvalue weighted by Gasteiger charge is 2.07. The molecule has 4 nitrogen and oxygen atoms in total. The number of hydrogen-bond donors (Lipinski definition) is 1. The van der Waals surface area contributed by atoms with Gasteiger partial charge in [-0.15, -0.1) is 0 Å².